The molecule has 128 valence electrons. The van der Waals surface area contributed by atoms with Crippen LogP contribution in [0.1, 0.15) is 51.3 Å². The van der Waals surface area contributed by atoms with Crippen molar-refractivity contribution in [3.8, 4) is 11.4 Å². The molecule has 1 aliphatic rings. The molecule has 0 unspecified atom stereocenters. The average molecular weight is 328 g/mol. The van der Waals surface area contributed by atoms with Crippen molar-refractivity contribution in [1.82, 2.24) is 20.0 Å². The summed E-state index contributed by atoms with van der Waals surface area (Å²) in [5, 5.41) is 4.02. The third-order valence-electron chi connectivity index (χ3n) is 4.53. The van der Waals surface area contributed by atoms with Gasteiger partial charge >= 0.3 is 0 Å². The van der Waals surface area contributed by atoms with Crippen LogP contribution >= 0.6 is 0 Å². The van der Waals surface area contributed by atoms with E-state index >= 15 is 0 Å². The summed E-state index contributed by atoms with van der Waals surface area (Å²) in [4.78, 5) is 23.0. The first kappa shape index (κ1) is 16.6. The van der Waals surface area contributed by atoms with E-state index < -0.39 is 0 Å². The minimum atomic E-state index is 0.149. The molecule has 6 heteroatoms. The van der Waals surface area contributed by atoms with Crippen LogP contribution < -0.4 is 0 Å². The molecule has 2 aromatic heterocycles. The van der Waals surface area contributed by atoms with Crippen LogP contribution in [0, 0.1) is 5.92 Å². The Morgan fingerprint density at radius 1 is 1.33 bits per heavy atom. The molecule has 0 saturated carbocycles. The number of carbonyl (C=O) groups excluding carboxylic acids is 1. The van der Waals surface area contributed by atoms with E-state index in [9.17, 15) is 4.79 Å². The van der Waals surface area contributed by atoms with E-state index in [4.69, 9.17) is 4.52 Å². The lowest BCUT2D eigenvalue weighted by atomic mass is 9.92. The third-order valence-corrected chi connectivity index (χ3v) is 4.53. The molecule has 6 nitrogen and oxygen atoms in total. The summed E-state index contributed by atoms with van der Waals surface area (Å²) in [5.41, 5.74) is 0.839. The zero-order valence-corrected chi connectivity index (χ0v) is 14.3. The van der Waals surface area contributed by atoms with Crippen molar-refractivity contribution in [3.63, 3.8) is 0 Å². The predicted octanol–water partition coefficient (Wildman–Crippen LogP) is 3.27. The van der Waals surface area contributed by atoms with Gasteiger partial charge in [0.05, 0.1) is 5.92 Å². The first-order valence-corrected chi connectivity index (χ1v) is 8.75. The van der Waals surface area contributed by atoms with E-state index in [2.05, 4.69) is 29.0 Å². The Labute approximate surface area is 142 Å². The maximum atomic E-state index is 12.6. The van der Waals surface area contributed by atoms with Gasteiger partial charge in [0.1, 0.15) is 0 Å². The molecule has 2 aromatic rings. The fraction of sp³-hybridized carbons (Fsp3) is 0.556. The quantitative estimate of drug-likeness (QED) is 0.780. The number of pyridine rings is 1. The van der Waals surface area contributed by atoms with Gasteiger partial charge in [0.15, 0.2) is 0 Å². The number of aromatic nitrogens is 3. The molecule has 0 atom stereocenters. The highest BCUT2D eigenvalue weighted by atomic mass is 16.5. The van der Waals surface area contributed by atoms with E-state index in [1.807, 2.05) is 17.0 Å². The lowest BCUT2D eigenvalue weighted by Gasteiger charge is -2.39. The maximum Gasteiger partial charge on any atom is 0.233 e. The maximum absolute atomic E-state index is 12.6. The summed E-state index contributed by atoms with van der Waals surface area (Å²) < 4.78 is 5.38. The van der Waals surface area contributed by atoms with Gasteiger partial charge in [-0.3, -0.25) is 9.78 Å². The van der Waals surface area contributed by atoms with Gasteiger partial charge in [-0.1, -0.05) is 31.8 Å². The van der Waals surface area contributed by atoms with E-state index in [1.54, 1.807) is 12.4 Å². The fourth-order valence-corrected chi connectivity index (χ4v) is 3.17. The zero-order chi connectivity index (χ0) is 16.9. The van der Waals surface area contributed by atoms with Crippen molar-refractivity contribution in [1.29, 1.82) is 0 Å². The second-order valence-corrected chi connectivity index (χ2v) is 6.41. The minimum Gasteiger partial charge on any atom is -0.341 e. The highest BCUT2D eigenvalue weighted by molar-refractivity contribution is 5.79. The molecule has 0 aliphatic carbocycles. The topological polar surface area (TPSA) is 72.1 Å². The lowest BCUT2D eigenvalue weighted by molar-refractivity contribution is -0.141. The first-order valence-electron chi connectivity index (χ1n) is 8.75. The molecule has 1 saturated heterocycles. The molecule has 24 heavy (non-hydrogen) atoms. The van der Waals surface area contributed by atoms with E-state index in [0.717, 1.165) is 31.2 Å². The van der Waals surface area contributed by atoms with Gasteiger partial charge < -0.3 is 9.42 Å². The van der Waals surface area contributed by atoms with E-state index in [0.29, 0.717) is 24.8 Å². The summed E-state index contributed by atoms with van der Waals surface area (Å²) >= 11 is 0. The van der Waals surface area contributed by atoms with Crippen molar-refractivity contribution >= 4 is 5.91 Å². The number of amides is 1. The molecular formula is C18H24N4O2. The molecule has 3 rings (SSSR count). The first-order chi connectivity index (χ1) is 11.7. The van der Waals surface area contributed by atoms with Crippen molar-refractivity contribution in [2.45, 2.75) is 45.4 Å². The summed E-state index contributed by atoms with van der Waals surface area (Å²) in [6.07, 6.45) is 7.46. The van der Waals surface area contributed by atoms with Crippen LogP contribution in [0.2, 0.25) is 0 Å². The van der Waals surface area contributed by atoms with Crippen LogP contribution in [0.5, 0.6) is 0 Å². The number of hydrogen-bond acceptors (Lipinski definition) is 5. The standard InChI is InChI=1S/C18H24N4O2/c1-3-6-13(7-4-2)18(23)22-11-15(12-22)17-20-16(21-24-17)14-8-5-9-19-10-14/h5,8-10,13,15H,3-4,6-7,11-12H2,1-2H3. The van der Waals surface area contributed by atoms with Gasteiger partial charge in [-0.15, -0.1) is 0 Å². The van der Waals surface area contributed by atoms with Crippen LogP contribution in [0.4, 0.5) is 0 Å². The summed E-state index contributed by atoms with van der Waals surface area (Å²) in [6.45, 7) is 5.62. The lowest BCUT2D eigenvalue weighted by Crippen LogP contribution is -2.50. The van der Waals surface area contributed by atoms with E-state index in [1.165, 1.54) is 0 Å². The van der Waals surface area contributed by atoms with Gasteiger partial charge in [-0.25, -0.2) is 0 Å². The zero-order valence-electron chi connectivity index (χ0n) is 14.3. The van der Waals surface area contributed by atoms with Gasteiger partial charge in [0.25, 0.3) is 0 Å². The van der Waals surface area contributed by atoms with Crippen molar-refractivity contribution in [2.75, 3.05) is 13.1 Å². The monoisotopic (exact) mass is 328 g/mol. The van der Waals surface area contributed by atoms with E-state index in [-0.39, 0.29) is 17.7 Å². The SMILES string of the molecule is CCCC(CCC)C(=O)N1CC(c2nc(-c3cccnc3)no2)C1. The number of nitrogens with zero attached hydrogens (tertiary/aromatic N) is 4. The Balaban J connectivity index is 1.58. The molecule has 0 bridgehead atoms. The highest BCUT2D eigenvalue weighted by Gasteiger charge is 2.37. The molecule has 1 fully saturated rings. The Kier molecular flexibility index (Phi) is 5.23. The molecule has 1 aliphatic heterocycles. The second-order valence-electron chi connectivity index (χ2n) is 6.41. The molecule has 1 amide bonds. The van der Waals surface area contributed by atoms with Crippen LogP contribution in [0.25, 0.3) is 11.4 Å². The summed E-state index contributed by atoms with van der Waals surface area (Å²) in [6, 6.07) is 3.75. The van der Waals surface area contributed by atoms with Crippen LogP contribution in [-0.4, -0.2) is 39.0 Å². The van der Waals surface area contributed by atoms with Crippen molar-refractivity contribution in [3.05, 3.63) is 30.4 Å². The molecule has 0 aromatic carbocycles. The van der Waals surface area contributed by atoms with Crippen LogP contribution in [0.3, 0.4) is 0 Å². The normalized spacial score (nSPS) is 14.9. The highest BCUT2D eigenvalue weighted by Crippen LogP contribution is 2.30. The number of hydrogen-bond donors (Lipinski definition) is 0. The second kappa shape index (κ2) is 7.55. The van der Waals surface area contributed by atoms with Crippen LogP contribution in [0.15, 0.2) is 29.0 Å². The smallest absolute Gasteiger partial charge is 0.233 e. The summed E-state index contributed by atoms with van der Waals surface area (Å²) in [7, 11) is 0. The molecular weight excluding hydrogens is 304 g/mol. The predicted molar refractivity (Wildman–Crippen MR) is 90.2 cm³/mol. The Bertz CT molecular complexity index is 659. The Morgan fingerprint density at radius 2 is 2.08 bits per heavy atom. The molecule has 0 radical (unpaired) electrons. The van der Waals surface area contributed by atoms with Crippen molar-refractivity contribution in [2.24, 2.45) is 5.92 Å². The van der Waals surface area contributed by atoms with Gasteiger partial charge in [0.2, 0.25) is 17.6 Å². The van der Waals surface area contributed by atoms with Crippen LogP contribution in [-0.2, 0) is 4.79 Å². The molecule has 3 heterocycles. The van der Waals surface area contributed by atoms with Crippen molar-refractivity contribution < 1.29 is 9.32 Å². The Morgan fingerprint density at radius 3 is 2.71 bits per heavy atom. The summed E-state index contributed by atoms with van der Waals surface area (Å²) in [5.74, 6) is 1.76. The minimum absolute atomic E-state index is 0.149. The number of rotatable bonds is 7. The largest absolute Gasteiger partial charge is 0.341 e. The van der Waals surface area contributed by atoms with Gasteiger partial charge in [0, 0.05) is 37.0 Å². The van der Waals surface area contributed by atoms with Gasteiger partial charge in [-0.2, -0.15) is 4.98 Å². The van der Waals surface area contributed by atoms with Gasteiger partial charge in [-0.05, 0) is 25.0 Å². The Hall–Kier alpha value is -2.24. The molecule has 0 spiro atoms. The molecule has 0 N–H and O–H groups in total. The number of carbonyl (C=O) groups is 1. The fourth-order valence-electron chi connectivity index (χ4n) is 3.17. The average Bonchev–Trinajstić information content (AvgIpc) is 3.03. The number of likely N-dealkylation sites (tertiary alicyclic amines) is 1. The third kappa shape index (κ3) is 3.47.